The first-order valence-electron chi connectivity index (χ1n) is 11.3. The van der Waals surface area contributed by atoms with Gasteiger partial charge in [-0.05, 0) is 38.6 Å². The van der Waals surface area contributed by atoms with Gasteiger partial charge in [-0.3, -0.25) is 9.89 Å². The highest BCUT2D eigenvalue weighted by molar-refractivity contribution is 7.99. The van der Waals surface area contributed by atoms with Gasteiger partial charge < -0.3 is 15.5 Å². The number of hydrogen-bond acceptors (Lipinski definition) is 4. The van der Waals surface area contributed by atoms with Crippen LogP contribution in [-0.4, -0.2) is 85.2 Å². The van der Waals surface area contributed by atoms with Gasteiger partial charge in [-0.1, -0.05) is 26.2 Å². The Hall–Kier alpha value is -0.460. The Balaban J connectivity index is 1.51. The van der Waals surface area contributed by atoms with Crippen molar-refractivity contribution in [2.75, 3.05) is 57.8 Å². The maximum Gasteiger partial charge on any atom is 0.191 e. The molecule has 3 aliphatic rings. The minimum absolute atomic E-state index is 0.349. The molecule has 0 spiro atoms. The van der Waals surface area contributed by atoms with E-state index in [2.05, 4.69) is 44.1 Å². The fraction of sp³-hybridized carbons (Fsp3) is 0.952. The first-order chi connectivity index (χ1) is 13.3. The standard InChI is InChI=1S/C21H41N5S/c1-3-11-25-12-7-19(8-13-25)24-20(22-2)23-18-21(9-5-4-6-10-21)26-14-16-27-17-15-26/h19H,3-18H2,1-2H3,(H2,22,23,24). The van der Waals surface area contributed by atoms with Crippen LogP contribution < -0.4 is 10.6 Å². The summed E-state index contributed by atoms with van der Waals surface area (Å²) in [4.78, 5) is 9.95. The van der Waals surface area contributed by atoms with Crippen molar-refractivity contribution in [1.82, 2.24) is 20.4 Å². The molecule has 2 heterocycles. The molecule has 2 aliphatic heterocycles. The maximum absolute atomic E-state index is 4.56. The van der Waals surface area contributed by atoms with E-state index in [0.717, 1.165) is 12.5 Å². The molecule has 27 heavy (non-hydrogen) atoms. The Bertz CT molecular complexity index is 449. The molecule has 0 atom stereocenters. The van der Waals surface area contributed by atoms with Crippen molar-refractivity contribution in [2.45, 2.75) is 69.9 Å². The van der Waals surface area contributed by atoms with Gasteiger partial charge in [-0.2, -0.15) is 11.8 Å². The van der Waals surface area contributed by atoms with Gasteiger partial charge in [-0.25, -0.2) is 0 Å². The zero-order chi connectivity index (χ0) is 19.0. The molecule has 1 aliphatic carbocycles. The Kier molecular flexibility index (Phi) is 8.59. The lowest BCUT2D eigenvalue weighted by Gasteiger charge is -2.48. The van der Waals surface area contributed by atoms with Crippen LogP contribution in [-0.2, 0) is 0 Å². The van der Waals surface area contributed by atoms with Gasteiger partial charge in [-0.15, -0.1) is 0 Å². The number of aliphatic imine (C=N–C) groups is 1. The Labute approximate surface area is 171 Å². The Morgan fingerprint density at radius 1 is 1.07 bits per heavy atom. The lowest BCUT2D eigenvalue weighted by atomic mass is 9.80. The van der Waals surface area contributed by atoms with Gasteiger partial charge >= 0.3 is 0 Å². The number of piperidine rings is 1. The second-order valence-electron chi connectivity index (χ2n) is 8.57. The predicted octanol–water partition coefficient (Wildman–Crippen LogP) is 2.78. The monoisotopic (exact) mass is 395 g/mol. The number of nitrogens with zero attached hydrogens (tertiary/aromatic N) is 3. The third-order valence-corrected chi connectivity index (χ3v) is 7.69. The van der Waals surface area contributed by atoms with E-state index in [4.69, 9.17) is 0 Å². The summed E-state index contributed by atoms with van der Waals surface area (Å²) in [5.74, 6) is 3.61. The summed E-state index contributed by atoms with van der Waals surface area (Å²) in [7, 11) is 1.92. The summed E-state index contributed by atoms with van der Waals surface area (Å²) in [6.07, 6.45) is 10.6. The van der Waals surface area contributed by atoms with Gasteiger partial charge in [0.2, 0.25) is 0 Å². The van der Waals surface area contributed by atoms with Crippen LogP contribution in [0.15, 0.2) is 4.99 Å². The number of hydrogen-bond donors (Lipinski definition) is 2. The normalized spacial score (nSPS) is 26.1. The number of thioether (sulfide) groups is 1. The molecular weight excluding hydrogens is 354 g/mol. The minimum Gasteiger partial charge on any atom is -0.355 e. The average Bonchev–Trinajstić information content (AvgIpc) is 2.74. The van der Waals surface area contributed by atoms with Crippen LogP contribution in [0, 0.1) is 0 Å². The number of likely N-dealkylation sites (tertiary alicyclic amines) is 1. The summed E-state index contributed by atoms with van der Waals surface area (Å²) in [5.41, 5.74) is 0.349. The summed E-state index contributed by atoms with van der Waals surface area (Å²) in [6.45, 7) is 9.53. The van der Waals surface area contributed by atoms with Crippen molar-refractivity contribution < 1.29 is 0 Å². The summed E-state index contributed by atoms with van der Waals surface area (Å²) in [6, 6.07) is 0.568. The van der Waals surface area contributed by atoms with Crippen LogP contribution in [0.5, 0.6) is 0 Å². The SMILES string of the molecule is CCCN1CCC(NC(=NC)NCC2(N3CCSCC3)CCCCC2)CC1. The van der Waals surface area contributed by atoms with E-state index in [-0.39, 0.29) is 0 Å². The van der Waals surface area contributed by atoms with Crippen LogP contribution in [0.3, 0.4) is 0 Å². The van der Waals surface area contributed by atoms with E-state index in [1.807, 2.05) is 7.05 Å². The second kappa shape index (κ2) is 10.9. The van der Waals surface area contributed by atoms with Gasteiger partial charge in [0.1, 0.15) is 0 Å². The number of guanidine groups is 1. The molecule has 1 saturated carbocycles. The predicted molar refractivity (Wildman–Crippen MR) is 119 cm³/mol. The highest BCUT2D eigenvalue weighted by Gasteiger charge is 2.38. The third-order valence-electron chi connectivity index (χ3n) is 6.74. The van der Waals surface area contributed by atoms with Crippen molar-refractivity contribution in [3.63, 3.8) is 0 Å². The highest BCUT2D eigenvalue weighted by atomic mass is 32.2. The van der Waals surface area contributed by atoms with Crippen LogP contribution in [0.25, 0.3) is 0 Å². The lowest BCUT2D eigenvalue weighted by Crippen LogP contribution is -2.60. The number of rotatable bonds is 6. The van der Waals surface area contributed by atoms with E-state index in [1.165, 1.54) is 95.6 Å². The zero-order valence-electron chi connectivity index (χ0n) is 17.6. The molecule has 156 valence electrons. The van der Waals surface area contributed by atoms with Crippen LogP contribution >= 0.6 is 11.8 Å². The largest absolute Gasteiger partial charge is 0.355 e. The van der Waals surface area contributed by atoms with E-state index in [9.17, 15) is 0 Å². The molecule has 6 heteroatoms. The lowest BCUT2D eigenvalue weighted by molar-refractivity contribution is 0.0625. The molecule has 3 fully saturated rings. The smallest absolute Gasteiger partial charge is 0.191 e. The molecule has 3 rings (SSSR count). The van der Waals surface area contributed by atoms with Crippen molar-refractivity contribution in [3.05, 3.63) is 0 Å². The molecule has 5 nitrogen and oxygen atoms in total. The second-order valence-corrected chi connectivity index (χ2v) is 9.80. The molecule has 0 unspecified atom stereocenters. The van der Waals surface area contributed by atoms with Crippen molar-refractivity contribution in [2.24, 2.45) is 4.99 Å². The number of nitrogens with one attached hydrogen (secondary N) is 2. The quantitative estimate of drug-likeness (QED) is 0.535. The molecule has 0 aromatic heterocycles. The summed E-state index contributed by atoms with van der Waals surface area (Å²) >= 11 is 2.11. The first-order valence-corrected chi connectivity index (χ1v) is 12.4. The molecule has 2 N–H and O–H groups in total. The Morgan fingerprint density at radius 2 is 1.78 bits per heavy atom. The van der Waals surface area contributed by atoms with Gasteiger partial charge in [0, 0.05) is 62.9 Å². The van der Waals surface area contributed by atoms with Crippen LogP contribution in [0.2, 0.25) is 0 Å². The molecular formula is C21H41N5S. The van der Waals surface area contributed by atoms with Gasteiger partial charge in [0.05, 0.1) is 0 Å². The van der Waals surface area contributed by atoms with Crippen molar-refractivity contribution >= 4 is 17.7 Å². The van der Waals surface area contributed by atoms with E-state index < -0.39 is 0 Å². The average molecular weight is 396 g/mol. The molecule has 0 aromatic rings. The van der Waals surface area contributed by atoms with Crippen molar-refractivity contribution in [3.8, 4) is 0 Å². The topological polar surface area (TPSA) is 42.9 Å². The minimum atomic E-state index is 0.349. The molecule has 0 amide bonds. The third kappa shape index (κ3) is 6.01. The fourth-order valence-electron chi connectivity index (χ4n) is 5.11. The maximum atomic E-state index is 4.56. The summed E-state index contributed by atoms with van der Waals surface area (Å²) in [5, 5.41) is 7.46. The first kappa shape index (κ1) is 21.3. The molecule has 2 saturated heterocycles. The van der Waals surface area contributed by atoms with Gasteiger partial charge in [0.25, 0.3) is 0 Å². The molecule has 0 radical (unpaired) electrons. The molecule has 0 aromatic carbocycles. The zero-order valence-corrected chi connectivity index (χ0v) is 18.5. The fourth-order valence-corrected chi connectivity index (χ4v) is 6.01. The van der Waals surface area contributed by atoms with Gasteiger partial charge in [0.15, 0.2) is 5.96 Å². The van der Waals surface area contributed by atoms with Crippen molar-refractivity contribution in [1.29, 1.82) is 0 Å². The summed E-state index contributed by atoms with van der Waals surface area (Å²) < 4.78 is 0. The van der Waals surface area contributed by atoms with E-state index in [0.29, 0.717) is 11.6 Å². The van der Waals surface area contributed by atoms with E-state index >= 15 is 0 Å². The van der Waals surface area contributed by atoms with Crippen LogP contribution in [0.4, 0.5) is 0 Å². The highest BCUT2D eigenvalue weighted by Crippen LogP contribution is 2.34. The molecule has 0 bridgehead atoms. The van der Waals surface area contributed by atoms with Crippen LogP contribution in [0.1, 0.15) is 58.3 Å². The van der Waals surface area contributed by atoms with E-state index in [1.54, 1.807) is 0 Å². The Morgan fingerprint density at radius 3 is 2.41 bits per heavy atom.